The highest BCUT2D eigenvalue weighted by molar-refractivity contribution is 9.08. The standard InChI is InChI=1S/C11H11BrClF2NO2/c1-2-18-8(17)3-6-5-16-10(13)7(4-12)9(6)11(14)15/h5,11H,2-4H2,1H3. The van der Waals surface area contributed by atoms with E-state index in [1.54, 1.807) is 6.92 Å². The summed E-state index contributed by atoms with van der Waals surface area (Å²) in [6.07, 6.45) is -1.77. The minimum atomic E-state index is -2.72. The maximum Gasteiger partial charge on any atom is 0.310 e. The van der Waals surface area contributed by atoms with Crippen LogP contribution in [0.2, 0.25) is 5.15 Å². The Morgan fingerprint density at radius 1 is 1.61 bits per heavy atom. The lowest BCUT2D eigenvalue weighted by molar-refractivity contribution is -0.142. The van der Waals surface area contributed by atoms with Crippen LogP contribution >= 0.6 is 27.5 Å². The Hall–Kier alpha value is -0.750. The molecular weight excluding hydrogens is 331 g/mol. The molecule has 0 unspecified atom stereocenters. The smallest absolute Gasteiger partial charge is 0.310 e. The van der Waals surface area contributed by atoms with Crippen LogP contribution in [0.4, 0.5) is 8.78 Å². The lowest BCUT2D eigenvalue weighted by atomic mass is 10.0. The first-order valence-electron chi connectivity index (χ1n) is 5.17. The Morgan fingerprint density at radius 3 is 2.78 bits per heavy atom. The van der Waals surface area contributed by atoms with Gasteiger partial charge in [-0.1, -0.05) is 27.5 Å². The molecular formula is C11H11BrClF2NO2. The van der Waals surface area contributed by atoms with Crippen molar-refractivity contribution in [1.29, 1.82) is 0 Å². The molecule has 1 heterocycles. The number of esters is 1. The van der Waals surface area contributed by atoms with E-state index >= 15 is 0 Å². The fourth-order valence-corrected chi connectivity index (χ4v) is 2.44. The number of pyridine rings is 1. The topological polar surface area (TPSA) is 39.2 Å². The third kappa shape index (κ3) is 3.62. The van der Waals surface area contributed by atoms with E-state index in [-0.39, 0.29) is 40.2 Å². The van der Waals surface area contributed by atoms with E-state index in [2.05, 4.69) is 20.9 Å². The Balaban J connectivity index is 3.15. The van der Waals surface area contributed by atoms with E-state index in [1.165, 1.54) is 6.20 Å². The largest absolute Gasteiger partial charge is 0.466 e. The molecule has 1 aromatic rings. The summed E-state index contributed by atoms with van der Waals surface area (Å²) >= 11 is 8.84. The molecule has 0 aliphatic heterocycles. The average Bonchev–Trinajstić information content (AvgIpc) is 2.30. The Bertz CT molecular complexity index is 443. The highest BCUT2D eigenvalue weighted by Crippen LogP contribution is 2.32. The van der Waals surface area contributed by atoms with Gasteiger partial charge in [-0.2, -0.15) is 0 Å². The molecule has 1 rings (SSSR count). The number of nitrogens with zero attached hydrogens (tertiary/aromatic N) is 1. The Labute approximate surface area is 117 Å². The molecule has 1 aromatic heterocycles. The van der Waals surface area contributed by atoms with Crippen LogP contribution in [-0.4, -0.2) is 17.6 Å². The van der Waals surface area contributed by atoms with E-state index in [0.717, 1.165) is 0 Å². The van der Waals surface area contributed by atoms with Gasteiger partial charge in [0.15, 0.2) is 0 Å². The summed E-state index contributed by atoms with van der Waals surface area (Å²) in [7, 11) is 0. The highest BCUT2D eigenvalue weighted by atomic mass is 79.9. The van der Waals surface area contributed by atoms with Gasteiger partial charge in [0.1, 0.15) is 5.15 Å². The number of hydrogen-bond acceptors (Lipinski definition) is 3. The normalized spacial score (nSPS) is 10.8. The summed E-state index contributed by atoms with van der Waals surface area (Å²) in [5, 5.41) is 0.157. The SMILES string of the molecule is CCOC(=O)Cc1cnc(Cl)c(CBr)c1C(F)F. The maximum absolute atomic E-state index is 13.0. The summed E-state index contributed by atoms with van der Waals surface area (Å²) in [5.74, 6) is -0.566. The fourth-order valence-electron chi connectivity index (χ4n) is 1.49. The van der Waals surface area contributed by atoms with E-state index < -0.39 is 12.4 Å². The van der Waals surface area contributed by atoms with Gasteiger partial charge >= 0.3 is 5.97 Å². The molecule has 0 saturated carbocycles. The summed E-state index contributed by atoms with van der Waals surface area (Å²) in [4.78, 5) is 15.1. The first kappa shape index (κ1) is 15.3. The molecule has 0 fully saturated rings. The lowest BCUT2D eigenvalue weighted by Gasteiger charge is -2.13. The predicted octanol–water partition coefficient (Wildman–Crippen LogP) is 3.67. The molecule has 0 bridgehead atoms. The number of hydrogen-bond donors (Lipinski definition) is 0. The molecule has 0 amide bonds. The molecule has 0 aliphatic rings. The van der Waals surface area contributed by atoms with Crippen molar-refractivity contribution in [2.45, 2.75) is 25.1 Å². The molecule has 0 aromatic carbocycles. The van der Waals surface area contributed by atoms with Crippen LogP contribution in [0.15, 0.2) is 6.20 Å². The number of carbonyl (C=O) groups is 1. The molecule has 7 heteroatoms. The van der Waals surface area contributed by atoms with Crippen LogP contribution in [0, 0.1) is 0 Å². The number of alkyl halides is 3. The van der Waals surface area contributed by atoms with Gasteiger partial charge in [-0.05, 0) is 12.5 Å². The van der Waals surface area contributed by atoms with Crippen LogP contribution in [0.3, 0.4) is 0 Å². The van der Waals surface area contributed by atoms with Crippen molar-refractivity contribution in [3.63, 3.8) is 0 Å². The van der Waals surface area contributed by atoms with Gasteiger partial charge in [-0.3, -0.25) is 4.79 Å². The fraction of sp³-hybridized carbons (Fsp3) is 0.455. The van der Waals surface area contributed by atoms with Crippen LogP contribution in [0.5, 0.6) is 0 Å². The second-order valence-corrected chi connectivity index (χ2v) is 4.30. The van der Waals surface area contributed by atoms with Gasteiger partial charge in [0.05, 0.1) is 13.0 Å². The molecule has 0 aliphatic carbocycles. The van der Waals surface area contributed by atoms with Gasteiger partial charge < -0.3 is 4.74 Å². The summed E-state index contributed by atoms with van der Waals surface area (Å²) in [5.41, 5.74) is 0.0932. The zero-order valence-corrected chi connectivity index (χ0v) is 11.9. The van der Waals surface area contributed by atoms with Crippen molar-refractivity contribution >= 4 is 33.5 Å². The summed E-state index contributed by atoms with van der Waals surface area (Å²) in [6, 6.07) is 0. The van der Waals surface area contributed by atoms with E-state index in [0.29, 0.717) is 0 Å². The first-order valence-corrected chi connectivity index (χ1v) is 6.67. The second-order valence-electron chi connectivity index (χ2n) is 3.38. The zero-order valence-electron chi connectivity index (χ0n) is 9.55. The maximum atomic E-state index is 13.0. The number of halogens is 4. The van der Waals surface area contributed by atoms with E-state index in [9.17, 15) is 13.6 Å². The lowest BCUT2D eigenvalue weighted by Crippen LogP contribution is -2.11. The third-order valence-corrected chi connectivity index (χ3v) is 3.13. The number of rotatable bonds is 5. The van der Waals surface area contributed by atoms with Crippen LogP contribution in [0.1, 0.15) is 30.0 Å². The molecule has 0 N–H and O–H groups in total. The van der Waals surface area contributed by atoms with Crippen molar-refractivity contribution in [2.24, 2.45) is 0 Å². The van der Waals surface area contributed by atoms with Crippen LogP contribution in [-0.2, 0) is 21.3 Å². The molecule has 3 nitrogen and oxygen atoms in total. The van der Waals surface area contributed by atoms with Crippen LogP contribution < -0.4 is 0 Å². The van der Waals surface area contributed by atoms with Crippen molar-refractivity contribution < 1.29 is 18.3 Å². The summed E-state index contributed by atoms with van der Waals surface area (Å²) in [6.45, 7) is 1.85. The monoisotopic (exact) mass is 341 g/mol. The number of ether oxygens (including phenoxy) is 1. The van der Waals surface area contributed by atoms with Crippen molar-refractivity contribution in [1.82, 2.24) is 4.98 Å². The predicted molar refractivity (Wildman–Crippen MR) is 67.2 cm³/mol. The molecule has 0 saturated heterocycles. The minimum Gasteiger partial charge on any atom is -0.466 e. The first-order chi connectivity index (χ1) is 8.51. The van der Waals surface area contributed by atoms with Gasteiger partial charge in [-0.15, -0.1) is 0 Å². The average molecular weight is 343 g/mol. The minimum absolute atomic E-state index is 0.00906. The van der Waals surface area contributed by atoms with Crippen molar-refractivity contribution in [2.75, 3.05) is 6.61 Å². The van der Waals surface area contributed by atoms with Crippen LogP contribution in [0.25, 0.3) is 0 Å². The number of aromatic nitrogens is 1. The summed E-state index contributed by atoms with van der Waals surface area (Å²) < 4.78 is 30.8. The quantitative estimate of drug-likeness (QED) is 0.465. The highest BCUT2D eigenvalue weighted by Gasteiger charge is 2.22. The van der Waals surface area contributed by atoms with Crippen molar-refractivity contribution in [3.8, 4) is 0 Å². The van der Waals surface area contributed by atoms with Gasteiger partial charge in [0, 0.05) is 22.7 Å². The molecule has 100 valence electrons. The molecule has 0 radical (unpaired) electrons. The van der Waals surface area contributed by atoms with E-state index in [4.69, 9.17) is 16.3 Å². The number of carbonyl (C=O) groups excluding carboxylic acids is 1. The third-order valence-electron chi connectivity index (χ3n) is 2.25. The molecule has 18 heavy (non-hydrogen) atoms. The van der Waals surface area contributed by atoms with Gasteiger partial charge in [0.25, 0.3) is 6.43 Å². The second kappa shape index (κ2) is 6.99. The Kier molecular flexibility index (Phi) is 5.95. The molecule has 0 spiro atoms. The molecule has 0 atom stereocenters. The van der Waals surface area contributed by atoms with Crippen molar-refractivity contribution in [3.05, 3.63) is 28.0 Å². The zero-order chi connectivity index (χ0) is 13.7. The Morgan fingerprint density at radius 2 is 2.28 bits per heavy atom. The van der Waals surface area contributed by atoms with Gasteiger partial charge in [0.2, 0.25) is 0 Å². The van der Waals surface area contributed by atoms with Gasteiger partial charge in [-0.25, -0.2) is 13.8 Å². The van der Waals surface area contributed by atoms with E-state index in [1.807, 2.05) is 0 Å².